The van der Waals surface area contributed by atoms with E-state index in [2.05, 4.69) is 0 Å². The molecular formula is C15H18FNO4. The molecule has 0 fully saturated rings. The predicted molar refractivity (Wildman–Crippen MR) is 74.4 cm³/mol. The molecule has 21 heavy (non-hydrogen) atoms. The molecule has 1 rings (SSSR count). The number of hydrogen-bond donors (Lipinski definition) is 1. The number of carbonyl (C=O) groups is 3. The molecule has 0 saturated carbocycles. The zero-order chi connectivity index (χ0) is 16.0. The molecule has 114 valence electrons. The van der Waals surface area contributed by atoms with Gasteiger partial charge in [0.05, 0.1) is 6.42 Å². The van der Waals surface area contributed by atoms with Crippen molar-refractivity contribution in [2.24, 2.45) is 5.92 Å². The summed E-state index contributed by atoms with van der Waals surface area (Å²) in [6, 6.07) is 5.32. The van der Waals surface area contributed by atoms with E-state index in [0.29, 0.717) is 0 Å². The van der Waals surface area contributed by atoms with Crippen LogP contribution in [0.2, 0.25) is 0 Å². The molecule has 0 aliphatic rings. The number of amides is 1. The highest BCUT2D eigenvalue weighted by Gasteiger charge is 2.21. The Bertz CT molecular complexity index is 544. The lowest BCUT2D eigenvalue weighted by atomic mass is 9.96. The van der Waals surface area contributed by atoms with E-state index >= 15 is 0 Å². The van der Waals surface area contributed by atoms with Crippen molar-refractivity contribution in [2.75, 3.05) is 13.6 Å². The topological polar surface area (TPSA) is 74.7 Å². The van der Waals surface area contributed by atoms with E-state index in [4.69, 9.17) is 5.11 Å². The van der Waals surface area contributed by atoms with Crippen molar-refractivity contribution in [3.8, 4) is 0 Å². The summed E-state index contributed by atoms with van der Waals surface area (Å²) < 4.78 is 13.1. The van der Waals surface area contributed by atoms with Crippen LogP contribution in [0, 0.1) is 11.7 Å². The fourth-order valence-corrected chi connectivity index (χ4v) is 1.82. The van der Waals surface area contributed by atoms with Gasteiger partial charge in [-0.15, -0.1) is 0 Å². The average molecular weight is 295 g/mol. The van der Waals surface area contributed by atoms with Gasteiger partial charge in [-0.1, -0.05) is 19.1 Å². The highest BCUT2D eigenvalue weighted by atomic mass is 19.1. The molecule has 0 spiro atoms. The number of rotatable bonds is 7. The number of ketones is 1. The first-order valence-corrected chi connectivity index (χ1v) is 6.56. The molecule has 0 aliphatic carbocycles. The van der Waals surface area contributed by atoms with Crippen LogP contribution in [0.15, 0.2) is 24.3 Å². The standard InChI is InChI=1S/C15H18FNO4/c1-10(8-13(18)17(2)7-6-14(19)20)15(21)11-4-3-5-12(16)9-11/h3-5,9-10H,6-8H2,1-2H3,(H,19,20). The van der Waals surface area contributed by atoms with E-state index < -0.39 is 17.7 Å². The molecule has 0 saturated heterocycles. The maximum Gasteiger partial charge on any atom is 0.305 e. The van der Waals surface area contributed by atoms with Crippen LogP contribution in [0.25, 0.3) is 0 Å². The minimum Gasteiger partial charge on any atom is -0.481 e. The van der Waals surface area contributed by atoms with Gasteiger partial charge in [0.25, 0.3) is 0 Å². The van der Waals surface area contributed by atoms with Crippen LogP contribution in [-0.2, 0) is 9.59 Å². The summed E-state index contributed by atoms with van der Waals surface area (Å²) in [5.74, 6) is -2.70. The van der Waals surface area contributed by atoms with Crippen LogP contribution in [-0.4, -0.2) is 41.3 Å². The van der Waals surface area contributed by atoms with Crippen LogP contribution in [0.5, 0.6) is 0 Å². The summed E-state index contributed by atoms with van der Waals surface area (Å²) in [7, 11) is 1.49. The molecule has 0 bridgehead atoms. The number of benzene rings is 1. The number of carboxylic acids is 1. The van der Waals surface area contributed by atoms with E-state index in [9.17, 15) is 18.8 Å². The van der Waals surface area contributed by atoms with Crippen LogP contribution >= 0.6 is 0 Å². The maximum absolute atomic E-state index is 13.1. The number of aliphatic carboxylic acids is 1. The van der Waals surface area contributed by atoms with Crippen molar-refractivity contribution in [1.29, 1.82) is 0 Å². The van der Waals surface area contributed by atoms with Crippen molar-refractivity contribution in [3.63, 3.8) is 0 Å². The minimum absolute atomic E-state index is 0.0362. The maximum atomic E-state index is 13.1. The van der Waals surface area contributed by atoms with Gasteiger partial charge in [0.1, 0.15) is 5.82 Å². The molecule has 1 aromatic carbocycles. The van der Waals surface area contributed by atoms with Gasteiger partial charge in [-0.05, 0) is 12.1 Å². The Kier molecular flexibility index (Phi) is 6.02. The summed E-state index contributed by atoms with van der Waals surface area (Å²) in [4.78, 5) is 35.7. The molecule has 0 radical (unpaired) electrons. The van der Waals surface area contributed by atoms with Gasteiger partial charge in [0.15, 0.2) is 5.78 Å². The lowest BCUT2D eigenvalue weighted by Gasteiger charge is -2.18. The van der Waals surface area contributed by atoms with Gasteiger partial charge in [-0.2, -0.15) is 0 Å². The quantitative estimate of drug-likeness (QED) is 0.780. The monoisotopic (exact) mass is 295 g/mol. The zero-order valence-electron chi connectivity index (χ0n) is 12.0. The molecular weight excluding hydrogens is 277 g/mol. The van der Waals surface area contributed by atoms with Gasteiger partial charge in [-0.25, -0.2) is 4.39 Å². The molecule has 6 heteroatoms. The van der Waals surface area contributed by atoms with Crippen LogP contribution in [0.4, 0.5) is 4.39 Å². The van der Waals surface area contributed by atoms with Gasteiger partial charge in [0.2, 0.25) is 5.91 Å². The molecule has 5 nitrogen and oxygen atoms in total. The van der Waals surface area contributed by atoms with Gasteiger partial charge < -0.3 is 10.0 Å². The third-order valence-corrected chi connectivity index (χ3v) is 3.12. The number of halogens is 1. The van der Waals surface area contributed by atoms with Crippen molar-refractivity contribution >= 4 is 17.7 Å². The fraction of sp³-hybridized carbons (Fsp3) is 0.400. The first-order chi connectivity index (χ1) is 9.81. The minimum atomic E-state index is -0.987. The smallest absolute Gasteiger partial charge is 0.305 e. The van der Waals surface area contributed by atoms with Gasteiger partial charge in [0, 0.05) is 31.5 Å². The second-order valence-corrected chi connectivity index (χ2v) is 4.94. The fourth-order valence-electron chi connectivity index (χ4n) is 1.82. The van der Waals surface area contributed by atoms with Crippen molar-refractivity contribution < 1.29 is 23.9 Å². The largest absolute Gasteiger partial charge is 0.481 e. The number of Topliss-reactive ketones (excluding diaryl/α,β-unsaturated/α-hetero) is 1. The lowest BCUT2D eigenvalue weighted by molar-refractivity contribution is -0.138. The summed E-state index contributed by atoms with van der Waals surface area (Å²) in [5, 5.41) is 8.56. The first kappa shape index (κ1) is 16.8. The Hall–Kier alpha value is -2.24. The zero-order valence-corrected chi connectivity index (χ0v) is 12.0. The lowest BCUT2D eigenvalue weighted by Crippen LogP contribution is -2.31. The van der Waals surface area contributed by atoms with Crippen molar-refractivity contribution in [3.05, 3.63) is 35.6 Å². The van der Waals surface area contributed by atoms with Crippen molar-refractivity contribution in [1.82, 2.24) is 4.90 Å². The molecule has 1 aromatic rings. The van der Waals surface area contributed by atoms with Crippen LogP contribution < -0.4 is 0 Å². The van der Waals surface area contributed by atoms with Crippen molar-refractivity contribution in [2.45, 2.75) is 19.8 Å². The third-order valence-electron chi connectivity index (χ3n) is 3.12. The Labute approximate surface area is 122 Å². The highest BCUT2D eigenvalue weighted by Crippen LogP contribution is 2.14. The second kappa shape index (κ2) is 7.52. The normalized spacial score (nSPS) is 11.8. The number of nitrogens with zero attached hydrogens (tertiary/aromatic N) is 1. The molecule has 0 aromatic heterocycles. The Morgan fingerprint density at radius 2 is 2.00 bits per heavy atom. The summed E-state index contributed by atoms with van der Waals surface area (Å²) >= 11 is 0. The predicted octanol–water partition coefficient (Wildman–Crippen LogP) is 1.97. The van der Waals surface area contributed by atoms with E-state index in [1.807, 2.05) is 0 Å². The highest BCUT2D eigenvalue weighted by molar-refractivity contribution is 5.99. The number of carbonyl (C=O) groups excluding carboxylic acids is 2. The SMILES string of the molecule is CC(CC(=O)N(C)CCC(=O)O)C(=O)c1cccc(F)c1. The summed E-state index contributed by atoms with van der Waals surface area (Å²) in [5.41, 5.74) is 0.225. The summed E-state index contributed by atoms with van der Waals surface area (Å²) in [6.07, 6.45) is -0.181. The Morgan fingerprint density at radius 1 is 1.33 bits per heavy atom. The molecule has 1 amide bonds. The van der Waals surface area contributed by atoms with Gasteiger partial charge >= 0.3 is 5.97 Å². The van der Waals surface area contributed by atoms with Crippen LogP contribution in [0.1, 0.15) is 30.1 Å². The van der Waals surface area contributed by atoms with Crippen LogP contribution in [0.3, 0.4) is 0 Å². The van der Waals surface area contributed by atoms with E-state index in [0.717, 1.165) is 6.07 Å². The second-order valence-electron chi connectivity index (χ2n) is 4.94. The molecule has 1 unspecified atom stereocenters. The third kappa shape index (κ3) is 5.33. The van der Waals surface area contributed by atoms with Gasteiger partial charge in [-0.3, -0.25) is 14.4 Å². The first-order valence-electron chi connectivity index (χ1n) is 6.56. The van der Waals surface area contributed by atoms with E-state index in [1.165, 1.54) is 30.1 Å². The van der Waals surface area contributed by atoms with E-state index in [1.54, 1.807) is 6.92 Å². The molecule has 0 aliphatic heterocycles. The molecule has 1 atom stereocenters. The summed E-state index contributed by atoms with van der Waals surface area (Å²) in [6.45, 7) is 1.69. The average Bonchev–Trinajstić information content (AvgIpc) is 2.43. The Morgan fingerprint density at radius 3 is 2.57 bits per heavy atom. The molecule has 0 heterocycles. The van der Waals surface area contributed by atoms with E-state index in [-0.39, 0.29) is 36.6 Å². The number of carboxylic acid groups (broad SMARTS) is 1. The molecule has 1 N–H and O–H groups in total. The number of hydrogen-bond acceptors (Lipinski definition) is 3. The Balaban J connectivity index is 2.59.